The van der Waals surface area contributed by atoms with Gasteiger partial charge < -0.3 is 30.3 Å². The Balaban J connectivity index is 2.34. The first-order valence-corrected chi connectivity index (χ1v) is 11.8. The highest BCUT2D eigenvalue weighted by molar-refractivity contribution is 5.99. The van der Waals surface area contributed by atoms with Gasteiger partial charge in [-0.25, -0.2) is 4.79 Å². The standard InChI is InChI=1S/C24H35F3N4O5/c1-14(2)28-23(35)30(5)12-20-15(3)11-31(16(4)13-32)22(34)18-10-17(6-7-19(18)36-20)29-21(33)8-9-24(25,26)27/h6-7,10,14-16,20,32H,8-9,11-13H2,1-5H3,(H,28,35)(H,29,33)/t15-,16+,20-/m1/s1. The third-order valence-corrected chi connectivity index (χ3v) is 5.80. The minimum atomic E-state index is -4.46. The summed E-state index contributed by atoms with van der Waals surface area (Å²) >= 11 is 0. The van der Waals surface area contributed by atoms with Crippen LogP contribution in [0.5, 0.6) is 5.75 Å². The third kappa shape index (κ3) is 8.28. The van der Waals surface area contributed by atoms with Gasteiger partial charge in [-0.05, 0) is 39.0 Å². The van der Waals surface area contributed by atoms with Crippen LogP contribution in [0.15, 0.2) is 18.2 Å². The summed E-state index contributed by atoms with van der Waals surface area (Å²) in [6.45, 7) is 7.41. The van der Waals surface area contributed by atoms with Gasteiger partial charge in [0.25, 0.3) is 5.91 Å². The van der Waals surface area contributed by atoms with Gasteiger partial charge in [0.05, 0.1) is 31.2 Å². The Morgan fingerprint density at radius 1 is 1.28 bits per heavy atom. The zero-order valence-corrected chi connectivity index (χ0v) is 21.2. The largest absolute Gasteiger partial charge is 0.487 e. The highest BCUT2D eigenvalue weighted by Gasteiger charge is 2.34. The lowest BCUT2D eigenvalue weighted by atomic mass is 9.99. The number of carbonyl (C=O) groups is 3. The number of alkyl halides is 3. The number of anilines is 1. The summed E-state index contributed by atoms with van der Waals surface area (Å²) in [5.74, 6) is -1.30. The van der Waals surface area contributed by atoms with E-state index in [2.05, 4.69) is 10.6 Å². The summed E-state index contributed by atoms with van der Waals surface area (Å²) in [7, 11) is 1.63. The van der Waals surface area contributed by atoms with Gasteiger partial charge in [-0.3, -0.25) is 9.59 Å². The van der Waals surface area contributed by atoms with Crippen LogP contribution in [0, 0.1) is 5.92 Å². The molecule has 0 fully saturated rings. The molecule has 1 aromatic carbocycles. The Bertz CT molecular complexity index is 941. The number of likely N-dealkylation sites (N-methyl/N-ethyl adjacent to an activating group) is 1. The Hall–Kier alpha value is -3.02. The molecular formula is C24H35F3N4O5. The van der Waals surface area contributed by atoms with E-state index in [1.165, 1.54) is 28.0 Å². The molecule has 36 heavy (non-hydrogen) atoms. The monoisotopic (exact) mass is 516 g/mol. The summed E-state index contributed by atoms with van der Waals surface area (Å²) in [5.41, 5.74) is 0.239. The van der Waals surface area contributed by atoms with Crippen molar-refractivity contribution in [3.05, 3.63) is 23.8 Å². The van der Waals surface area contributed by atoms with Crippen molar-refractivity contribution in [3.63, 3.8) is 0 Å². The zero-order valence-electron chi connectivity index (χ0n) is 21.2. The van der Waals surface area contributed by atoms with Gasteiger partial charge in [0.1, 0.15) is 11.9 Å². The molecule has 0 spiro atoms. The summed E-state index contributed by atoms with van der Waals surface area (Å²) in [6.07, 6.45) is -6.98. The molecular weight excluding hydrogens is 481 g/mol. The Morgan fingerprint density at radius 3 is 2.53 bits per heavy atom. The van der Waals surface area contributed by atoms with Crippen molar-refractivity contribution in [3.8, 4) is 5.75 Å². The van der Waals surface area contributed by atoms with Crippen LogP contribution < -0.4 is 15.4 Å². The predicted molar refractivity (Wildman–Crippen MR) is 128 cm³/mol. The van der Waals surface area contributed by atoms with Crippen LogP contribution in [-0.4, -0.2) is 83.9 Å². The number of aliphatic hydroxyl groups excluding tert-OH is 1. The van der Waals surface area contributed by atoms with E-state index < -0.39 is 43.0 Å². The summed E-state index contributed by atoms with van der Waals surface area (Å²) < 4.78 is 43.5. The SMILES string of the molecule is CC(C)NC(=O)N(C)C[C@H]1Oc2ccc(NC(=O)CCC(F)(F)F)cc2C(=O)N([C@@H](C)CO)C[C@H]1C. The number of carbonyl (C=O) groups excluding carboxylic acids is 3. The number of urea groups is 1. The number of halogens is 3. The lowest BCUT2D eigenvalue weighted by molar-refractivity contribution is -0.142. The predicted octanol–water partition coefficient (Wildman–Crippen LogP) is 3.24. The second-order valence-electron chi connectivity index (χ2n) is 9.48. The number of nitrogens with one attached hydrogen (secondary N) is 2. The molecule has 12 heteroatoms. The van der Waals surface area contributed by atoms with Crippen LogP contribution in [0.3, 0.4) is 0 Å². The molecule has 2 rings (SSSR count). The Labute approximate surface area is 209 Å². The third-order valence-electron chi connectivity index (χ3n) is 5.80. The molecule has 1 aliphatic rings. The van der Waals surface area contributed by atoms with Crippen molar-refractivity contribution in [2.75, 3.05) is 32.1 Å². The average Bonchev–Trinajstić information content (AvgIpc) is 2.78. The van der Waals surface area contributed by atoms with Crippen LogP contribution >= 0.6 is 0 Å². The molecule has 3 atom stereocenters. The van der Waals surface area contributed by atoms with Gasteiger partial charge >= 0.3 is 12.2 Å². The second-order valence-corrected chi connectivity index (χ2v) is 9.48. The maximum absolute atomic E-state index is 13.4. The summed E-state index contributed by atoms with van der Waals surface area (Å²) in [6, 6.07) is 3.39. The highest BCUT2D eigenvalue weighted by atomic mass is 19.4. The summed E-state index contributed by atoms with van der Waals surface area (Å²) in [4.78, 5) is 40.8. The first-order chi connectivity index (χ1) is 16.7. The molecule has 0 unspecified atom stereocenters. The molecule has 0 bridgehead atoms. The molecule has 0 aliphatic carbocycles. The van der Waals surface area contributed by atoms with E-state index >= 15 is 0 Å². The number of benzene rings is 1. The van der Waals surface area contributed by atoms with E-state index in [1.807, 2.05) is 20.8 Å². The molecule has 9 nitrogen and oxygen atoms in total. The molecule has 3 N–H and O–H groups in total. The number of fused-ring (bicyclic) bond motifs is 1. The molecule has 202 valence electrons. The van der Waals surface area contributed by atoms with E-state index in [4.69, 9.17) is 4.74 Å². The highest BCUT2D eigenvalue weighted by Crippen LogP contribution is 2.31. The number of hydrogen-bond donors (Lipinski definition) is 3. The molecule has 4 amide bonds. The van der Waals surface area contributed by atoms with Crippen molar-refractivity contribution < 1.29 is 37.4 Å². The quantitative estimate of drug-likeness (QED) is 0.491. The van der Waals surface area contributed by atoms with Crippen molar-refractivity contribution >= 4 is 23.5 Å². The first-order valence-electron chi connectivity index (χ1n) is 11.8. The lowest BCUT2D eigenvalue weighted by Gasteiger charge is -2.38. The summed E-state index contributed by atoms with van der Waals surface area (Å²) in [5, 5.41) is 14.9. The van der Waals surface area contributed by atoms with Gasteiger partial charge in [0.15, 0.2) is 0 Å². The topological polar surface area (TPSA) is 111 Å². The van der Waals surface area contributed by atoms with Crippen LogP contribution in [0.1, 0.15) is 50.9 Å². The van der Waals surface area contributed by atoms with Crippen LogP contribution in [-0.2, 0) is 4.79 Å². The maximum Gasteiger partial charge on any atom is 0.389 e. The Kier molecular flexibility index (Phi) is 9.97. The lowest BCUT2D eigenvalue weighted by Crippen LogP contribution is -2.51. The van der Waals surface area contributed by atoms with Crippen molar-refractivity contribution in [2.45, 2.75) is 64.9 Å². The number of hydrogen-bond acceptors (Lipinski definition) is 5. The number of nitrogens with zero attached hydrogens (tertiary/aromatic N) is 2. The van der Waals surface area contributed by atoms with Crippen molar-refractivity contribution in [1.29, 1.82) is 0 Å². The molecule has 1 aliphatic heterocycles. The van der Waals surface area contributed by atoms with Crippen LogP contribution in [0.4, 0.5) is 23.7 Å². The van der Waals surface area contributed by atoms with Crippen LogP contribution in [0.2, 0.25) is 0 Å². The van der Waals surface area contributed by atoms with Gasteiger partial charge in [0, 0.05) is 37.7 Å². The molecule has 0 saturated heterocycles. The van der Waals surface area contributed by atoms with Crippen molar-refractivity contribution in [2.24, 2.45) is 5.92 Å². The minimum Gasteiger partial charge on any atom is -0.487 e. The molecule has 1 heterocycles. The number of ether oxygens (including phenoxy) is 1. The van der Waals surface area contributed by atoms with Gasteiger partial charge in [-0.15, -0.1) is 0 Å². The fraction of sp³-hybridized carbons (Fsp3) is 0.625. The number of rotatable bonds is 8. The zero-order chi connectivity index (χ0) is 27.2. The van der Waals surface area contributed by atoms with E-state index in [9.17, 15) is 32.7 Å². The fourth-order valence-corrected chi connectivity index (χ4v) is 3.71. The van der Waals surface area contributed by atoms with E-state index in [0.717, 1.165) is 0 Å². The maximum atomic E-state index is 13.4. The molecule has 0 radical (unpaired) electrons. The van der Waals surface area contributed by atoms with E-state index in [1.54, 1.807) is 14.0 Å². The average molecular weight is 517 g/mol. The fourth-order valence-electron chi connectivity index (χ4n) is 3.71. The second kappa shape index (κ2) is 12.3. The van der Waals surface area contributed by atoms with Crippen molar-refractivity contribution in [1.82, 2.24) is 15.1 Å². The number of aliphatic hydroxyl groups is 1. The van der Waals surface area contributed by atoms with Gasteiger partial charge in [-0.2, -0.15) is 13.2 Å². The normalized spacial score (nSPS) is 19.1. The first kappa shape index (κ1) is 29.2. The molecule has 1 aromatic rings. The van der Waals surface area contributed by atoms with E-state index in [0.29, 0.717) is 0 Å². The van der Waals surface area contributed by atoms with Gasteiger partial charge in [0.2, 0.25) is 5.91 Å². The van der Waals surface area contributed by atoms with E-state index in [-0.39, 0.29) is 54.7 Å². The molecule has 0 saturated carbocycles. The van der Waals surface area contributed by atoms with Gasteiger partial charge in [-0.1, -0.05) is 6.92 Å². The molecule has 0 aromatic heterocycles. The Morgan fingerprint density at radius 2 is 1.94 bits per heavy atom. The number of amides is 4. The smallest absolute Gasteiger partial charge is 0.389 e. The minimum absolute atomic E-state index is 0.0559. The van der Waals surface area contributed by atoms with Crippen LogP contribution in [0.25, 0.3) is 0 Å².